The fourth-order valence-corrected chi connectivity index (χ4v) is 0.745. The van der Waals surface area contributed by atoms with E-state index < -0.39 is 6.03 Å². The Morgan fingerprint density at radius 2 is 2.55 bits per heavy atom. The van der Waals surface area contributed by atoms with E-state index in [0.29, 0.717) is 10.6 Å². The third kappa shape index (κ3) is 2.34. The van der Waals surface area contributed by atoms with Gasteiger partial charge in [0.1, 0.15) is 5.82 Å². The van der Waals surface area contributed by atoms with Crippen molar-refractivity contribution in [1.29, 1.82) is 0 Å². The minimum Gasteiger partial charge on any atom is -0.351 e. The van der Waals surface area contributed by atoms with Gasteiger partial charge < -0.3 is 10.7 Å². The Hall–Kier alpha value is -1.43. The number of nitrogens with two attached hydrogens (primary N) is 1. The van der Waals surface area contributed by atoms with Crippen LogP contribution in [-0.4, -0.2) is 16.0 Å². The number of hydrogen-bond acceptors (Lipinski definition) is 3. The summed E-state index contributed by atoms with van der Waals surface area (Å²) in [6.45, 7) is 0. The molecule has 0 spiro atoms. The van der Waals surface area contributed by atoms with Crippen molar-refractivity contribution in [2.24, 2.45) is 5.73 Å². The number of carbonyl (C=O) groups excluding carboxylic acids is 1. The van der Waals surface area contributed by atoms with Crippen LogP contribution in [0.5, 0.6) is 0 Å². The van der Waals surface area contributed by atoms with Crippen LogP contribution in [0.1, 0.15) is 0 Å². The van der Waals surface area contributed by atoms with Gasteiger partial charge in [0.05, 0.1) is 0 Å². The molecule has 4 N–H and O–H groups in total. The van der Waals surface area contributed by atoms with Gasteiger partial charge in [0.15, 0.2) is 4.77 Å². The maximum absolute atomic E-state index is 10.3. The highest BCUT2D eigenvalue weighted by Gasteiger charge is 1.93. The molecule has 0 aliphatic rings. The van der Waals surface area contributed by atoms with Crippen molar-refractivity contribution in [3.63, 3.8) is 0 Å². The van der Waals surface area contributed by atoms with Crippen molar-refractivity contribution in [2.75, 3.05) is 5.32 Å². The van der Waals surface area contributed by atoms with E-state index in [-0.39, 0.29) is 0 Å². The van der Waals surface area contributed by atoms with E-state index in [1.165, 1.54) is 6.20 Å². The molecule has 1 heterocycles. The van der Waals surface area contributed by atoms with Crippen molar-refractivity contribution < 1.29 is 4.79 Å². The third-order valence-corrected chi connectivity index (χ3v) is 1.14. The predicted molar refractivity (Wildman–Crippen MR) is 42.6 cm³/mol. The summed E-state index contributed by atoms with van der Waals surface area (Å²) in [5.41, 5.74) is 4.85. The Kier molecular flexibility index (Phi) is 2.17. The fourth-order valence-electron chi connectivity index (χ4n) is 0.574. The lowest BCUT2D eigenvalue weighted by atomic mass is 10.6. The Bertz CT molecular complexity index is 320. The summed E-state index contributed by atoms with van der Waals surface area (Å²) in [6.07, 6.45) is 1.48. The van der Waals surface area contributed by atoms with Crippen molar-refractivity contribution in [3.8, 4) is 0 Å². The summed E-state index contributed by atoms with van der Waals surface area (Å²) >= 11 is 4.69. The number of aromatic amines is 1. The summed E-state index contributed by atoms with van der Waals surface area (Å²) in [5, 5.41) is 2.32. The quantitative estimate of drug-likeness (QED) is 0.540. The average molecular weight is 170 g/mol. The molecule has 1 aromatic heterocycles. The molecule has 0 radical (unpaired) electrons. The number of urea groups is 1. The van der Waals surface area contributed by atoms with E-state index in [9.17, 15) is 4.79 Å². The van der Waals surface area contributed by atoms with Crippen molar-refractivity contribution in [1.82, 2.24) is 9.97 Å². The first kappa shape index (κ1) is 7.67. The molecule has 2 amide bonds. The van der Waals surface area contributed by atoms with Crippen LogP contribution in [0.4, 0.5) is 10.6 Å². The molecule has 0 aromatic carbocycles. The second kappa shape index (κ2) is 3.11. The number of nitrogens with one attached hydrogen (secondary N) is 2. The molecule has 5 nitrogen and oxygen atoms in total. The van der Waals surface area contributed by atoms with Gasteiger partial charge in [0.25, 0.3) is 0 Å². The minimum atomic E-state index is -0.637. The van der Waals surface area contributed by atoms with Gasteiger partial charge in [-0.3, -0.25) is 5.32 Å². The van der Waals surface area contributed by atoms with Crippen LogP contribution in [0.25, 0.3) is 0 Å². The number of hydrogen-bond donors (Lipinski definition) is 3. The standard InChI is InChI=1S/C5H6N4OS/c6-4(10)8-3-1-2-7-5(11)9-3/h1-2H,(H4,6,7,8,9,10,11). The first-order valence-corrected chi connectivity index (χ1v) is 3.21. The van der Waals surface area contributed by atoms with E-state index in [4.69, 9.17) is 18.0 Å². The molecule has 58 valence electrons. The Balaban J connectivity index is 2.88. The smallest absolute Gasteiger partial charge is 0.317 e. The average Bonchev–Trinajstić information content (AvgIpc) is 1.85. The molecular weight excluding hydrogens is 164 g/mol. The highest BCUT2D eigenvalue weighted by Crippen LogP contribution is 1.97. The zero-order valence-electron chi connectivity index (χ0n) is 5.50. The van der Waals surface area contributed by atoms with Gasteiger partial charge in [-0.2, -0.15) is 0 Å². The minimum absolute atomic E-state index is 0.302. The lowest BCUT2D eigenvalue weighted by Gasteiger charge is -1.98. The van der Waals surface area contributed by atoms with Crippen LogP contribution in [0, 0.1) is 4.77 Å². The van der Waals surface area contributed by atoms with E-state index in [0.717, 1.165) is 0 Å². The van der Waals surface area contributed by atoms with Gasteiger partial charge in [0, 0.05) is 6.20 Å². The van der Waals surface area contributed by atoms with Crippen LogP contribution >= 0.6 is 12.2 Å². The highest BCUT2D eigenvalue weighted by atomic mass is 32.1. The molecule has 1 aromatic rings. The third-order valence-electron chi connectivity index (χ3n) is 0.932. The lowest BCUT2D eigenvalue weighted by molar-refractivity contribution is 0.259. The van der Waals surface area contributed by atoms with Crippen LogP contribution < -0.4 is 11.1 Å². The van der Waals surface area contributed by atoms with E-state index in [1.807, 2.05) is 0 Å². The van der Waals surface area contributed by atoms with E-state index >= 15 is 0 Å². The summed E-state index contributed by atoms with van der Waals surface area (Å²) in [6, 6.07) is 0.919. The molecule has 11 heavy (non-hydrogen) atoms. The van der Waals surface area contributed by atoms with E-state index in [2.05, 4.69) is 15.3 Å². The summed E-state index contributed by atoms with van der Waals surface area (Å²) in [4.78, 5) is 16.7. The second-order valence-corrected chi connectivity index (χ2v) is 2.16. The van der Waals surface area contributed by atoms with Gasteiger partial charge >= 0.3 is 6.03 Å². The molecule has 0 fully saturated rings. The van der Waals surface area contributed by atoms with Crippen LogP contribution in [0.2, 0.25) is 0 Å². The maximum Gasteiger partial charge on any atom is 0.317 e. The zero-order chi connectivity index (χ0) is 8.27. The topological polar surface area (TPSA) is 83.8 Å². The number of primary amides is 1. The number of H-pyrrole nitrogens is 1. The summed E-state index contributed by atoms with van der Waals surface area (Å²) in [5.74, 6) is 0.442. The SMILES string of the molecule is NC(=O)Nc1ccnc(=S)[nH]1. The largest absolute Gasteiger partial charge is 0.351 e. The molecule has 6 heteroatoms. The number of rotatable bonds is 1. The Morgan fingerprint density at radius 3 is 3.09 bits per heavy atom. The number of anilines is 1. The van der Waals surface area contributed by atoms with Gasteiger partial charge in [-0.1, -0.05) is 0 Å². The predicted octanol–water partition coefficient (Wildman–Crippen LogP) is 0.630. The first-order valence-electron chi connectivity index (χ1n) is 2.80. The Morgan fingerprint density at radius 1 is 1.82 bits per heavy atom. The summed E-state index contributed by atoms with van der Waals surface area (Å²) in [7, 11) is 0. The molecule has 1 rings (SSSR count). The van der Waals surface area contributed by atoms with Crippen molar-refractivity contribution in [2.45, 2.75) is 0 Å². The zero-order valence-corrected chi connectivity index (χ0v) is 6.31. The lowest BCUT2D eigenvalue weighted by Crippen LogP contribution is -2.20. The fraction of sp³-hybridized carbons (Fsp3) is 0. The molecule has 0 atom stereocenters. The Labute approximate surface area is 67.6 Å². The van der Waals surface area contributed by atoms with Gasteiger partial charge in [-0.15, -0.1) is 0 Å². The number of carbonyl (C=O) groups is 1. The van der Waals surface area contributed by atoms with Crippen molar-refractivity contribution >= 4 is 24.1 Å². The van der Waals surface area contributed by atoms with Gasteiger partial charge in [-0.25, -0.2) is 9.78 Å². The molecule has 0 unspecified atom stereocenters. The monoisotopic (exact) mass is 170 g/mol. The van der Waals surface area contributed by atoms with Gasteiger partial charge in [0.2, 0.25) is 0 Å². The molecule has 0 saturated heterocycles. The normalized spacial score (nSPS) is 9.09. The van der Waals surface area contributed by atoms with Crippen molar-refractivity contribution in [3.05, 3.63) is 17.0 Å². The molecule has 0 aliphatic carbocycles. The summed E-state index contributed by atoms with van der Waals surface area (Å²) < 4.78 is 0.302. The molecular formula is C5H6N4OS. The maximum atomic E-state index is 10.3. The number of aromatic nitrogens is 2. The van der Waals surface area contributed by atoms with E-state index in [1.54, 1.807) is 6.07 Å². The van der Waals surface area contributed by atoms with Gasteiger partial charge in [-0.05, 0) is 18.3 Å². The van der Waals surface area contributed by atoms with Crippen LogP contribution in [-0.2, 0) is 0 Å². The molecule has 0 saturated carbocycles. The molecule has 0 bridgehead atoms. The number of amides is 2. The first-order chi connectivity index (χ1) is 5.18. The molecule has 0 aliphatic heterocycles. The number of nitrogens with zero attached hydrogens (tertiary/aromatic N) is 1. The van der Waals surface area contributed by atoms with Crippen LogP contribution in [0.15, 0.2) is 12.3 Å². The van der Waals surface area contributed by atoms with Crippen LogP contribution in [0.3, 0.4) is 0 Å². The second-order valence-electron chi connectivity index (χ2n) is 1.78. The highest BCUT2D eigenvalue weighted by molar-refractivity contribution is 7.71.